The minimum Gasteiger partial charge on any atom is -0.311 e. The Kier molecular flexibility index (Phi) is 3.96. The molecule has 0 N–H and O–H groups in total. The van der Waals surface area contributed by atoms with E-state index in [0.717, 1.165) is 11.3 Å². The van der Waals surface area contributed by atoms with Crippen LogP contribution in [0.1, 0.15) is 11.1 Å². The molecule has 0 saturated carbocycles. The van der Waals surface area contributed by atoms with Gasteiger partial charge in [-0.05, 0) is 36.2 Å². The molecule has 0 radical (unpaired) electrons. The van der Waals surface area contributed by atoms with Crippen molar-refractivity contribution in [3.05, 3.63) is 82.2 Å². The Balaban J connectivity index is 1.52. The molecule has 1 amide bonds. The molecule has 7 nitrogen and oxygen atoms in total. The molecule has 0 spiro atoms. The Morgan fingerprint density at radius 3 is 2.65 bits per heavy atom. The minimum absolute atomic E-state index is 0.0592. The summed E-state index contributed by atoms with van der Waals surface area (Å²) in [6.45, 7) is 0.477. The Morgan fingerprint density at radius 1 is 1.15 bits per heavy atom. The van der Waals surface area contributed by atoms with Crippen LogP contribution in [0.2, 0.25) is 0 Å². The zero-order chi connectivity index (χ0) is 18.1. The summed E-state index contributed by atoms with van der Waals surface area (Å²) < 4.78 is 1.75. The van der Waals surface area contributed by atoms with Gasteiger partial charge in [0, 0.05) is 25.0 Å². The maximum absolute atomic E-state index is 12.7. The molecular weight excluding hydrogens is 332 g/mol. The van der Waals surface area contributed by atoms with E-state index < -0.39 is 0 Å². The Bertz CT molecular complexity index is 965. The third-order valence-electron chi connectivity index (χ3n) is 4.56. The average molecular weight is 348 g/mol. The zero-order valence-electron chi connectivity index (χ0n) is 13.9. The summed E-state index contributed by atoms with van der Waals surface area (Å²) in [7, 11) is 0. The predicted molar refractivity (Wildman–Crippen MR) is 96.4 cm³/mol. The van der Waals surface area contributed by atoms with E-state index in [9.17, 15) is 14.9 Å². The van der Waals surface area contributed by atoms with Gasteiger partial charge in [0.15, 0.2) is 0 Å². The molecule has 4 rings (SSSR count). The first-order chi connectivity index (χ1) is 12.6. The lowest BCUT2D eigenvalue weighted by atomic mass is 10.1. The number of amides is 1. The summed E-state index contributed by atoms with van der Waals surface area (Å²) in [5.41, 5.74) is 3.19. The first-order valence-electron chi connectivity index (χ1n) is 8.29. The van der Waals surface area contributed by atoms with Crippen molar-refractivity contribution in [1.82, 2.24) is 9.78 Å². The van der Waals surface area contributed by atoms with E-state index in [1.807, 2.05) is 36.5 Å². The molecule has 7 heteroatoms. The van der Waals surface area contributed by atoms with E-state index in [1.54, 1.807) is 27.9 Å². The molecule has 0 bridgehead atoms. The van der Waals surface area contributed by atoms with Crippen LogP contribution in [-0.4, -0.2) is 27.2 Å². The number of nitro benzene ring substituents is 1. The minimum atomic E-state index is -0.388. The number of nitrogens with zero attached hydrogens (tertiary/aromatic N) is 4. The lowest BCUT2D eigenvalue weighted by molar-refractivity contribution is -0.385. The number of aromatic nitrogens is 2. The van der Waals surface area contributed by atoms with E-state index >= 15 is 0 Å². The van der Waals surface area contributed by atoms with Gasteiger partial charge in [-0.1, -0.05) is 18.2 Å². The molecule has 0 aliphatic carbocycles. The molecule has 1 aromatic heterocycles. The van der Waals surface area contributed by atoms with Crippen molar-refractivity contribution in [2.24, 2.45) is 0 Å². The van der Waals surface area contributed by atoms with Crippen LogP contribution in [-0.2, 0) is 17.6 Å². The second-order valence-corrected chi connectivity index (χ2v) is 6.12. The van der Waals surface area contributed by atoms with Gasteiger partial charge in [0.25, 0.3) is 5.69 Å². The number of carbonyl (C=O) groups excluding carboxylic acids is 1. The summed E-state index contributed by atoms with van der Waals surface area (Å²) in [4.78, 5) is 25.1. The molecule has 0 fully saturated rings. The summed E-state index contributed by atoms with van der Waals surface area (Å²) in [5, 5.41) is 15.3. The number of carbonyl (C=O) groups is 1. The topological polar surface area (TPSA) is 81.3 Å². The molecule has 130 valence electrons. The van der Waals surface area contributed by atoms with Crippen molar-refractivity contribution < 1.29 is 9.72 Å². The predicted octanol–water partition coefficient (Wildman–Crippen LogP) is 2.91. The number of hydrogen-bond donors (Lipinski definition) is 0. The van der Waals surface area contributed by atoms with Gasteiger partial charge in [-0.3, -0.25) is 14.9 Å². The fourth-order valence-corrected chi connectivity index (χ4v) is 3.30. The van der Waals surface area contributed by atoms with E-state index in [1.165, 1.54) is 6.07 Å². The van der Waals surface area contributed by atoms with Crippen molar-refractivity contribution in [1.29, 1.82) is 0 Å². The van der Waals surface area contributed by atoms with Gasteiger partial charge < -0.3 is 4.90 Å². The molecule has 0 saturated heterocycles. The standard InChI is InChI=1S/C19H16N4O3/c24-19(13-14-5-7-15(8-6-14)22-11-2-10-20-22)21-12-9-16-17(21)3-1-4-18(16)23(25)26/h1-8,10-11H,9,12-13H2. The molecule has 1 aliphatic rings. The molecule has 0 unspecified atom stereocenters. The maximum Gasteiger partial charge on any atom is 0.274 e. The van der Waals surface area contributed by atoms with Crippen LogP contribution in [0.5, 0.6) is 0 Å². The summed E-state index contributed by atoms with van der Waals surface area (Å²) >= 11 is 0. The maximum atomic E-state index is 12.7. The number of rotatable bonds is 4. The van der Waals surface area contributed by atoms with Crippen molar-refractivity contribution in [3.63, 3.8) is 0 Å². The molecule has 2 heterocycles. The van der Waals surface area contributed by atoms with Gasteiger partial charge in [-0.25, -0.2) is 4.68 Å². The van der Waals surface area contributed by atoms with Crippen LogP contribution in [0.4, 0.5) is 11.4 Å². The lowest BCUT2D eigenvalue weighted by Crippen LogP contribution is -2.30. The molecule has 26 heavy (non-hydrogen) atoms. The Labute approximate surface area is 149 Å². The zero-order valence-corrected chi connectivity index (χ0v) is 13.9. The quantitative estimate of drug-likeness (QED) is 0.536. The summed E-state index contributed by atoms with van der Waals surface area (Å²) in [6.07, 6.45) is 4.33. The van der Waals surface area contributed by atoms with Gasteiger partial charge >= 0.3 is 0 Å². The monoisotopic (exact) mass is 348 g/mol. The summed E-state index contributed by atoms with van der Waals surface area (Å²) in [6, 6.07) is 14.4. The largest absolute Gasteiger partial charge is 0.311 e. The molecule has 3 aromatic rings. The molecule has 2 aromatic carbocycles. The number of nitro groups is 1. The molecule has 1 aliphatic heterocycles. The van der Waals surface area contributed by atoms with E-state index in [0.29, 0.717) is 24.2 Å². The highest BCUT2D eigenvalue weighted by Crippen LogP contribution is 2.35. The van der Waals surface area contributed by atoms with Crippen LogP contribution in [0.15, 0.2) is 60.9 Å². The van der Waals surface area contributed by atoms with Gasteiger partial charge in [-0.15, -0.1) is 0 Å². The average Bonchev–Trinajstić information content (AvgIpc) is 3.31. The normalized spacial score (nSPS) is 12.8. The third-order valence-corrected chi connectivity index (χ3v) is 4.56. The number of anilines is 1. The van der Waals surface area contributed by atoms with Gasteiger partial charge in [0.1, 0.15) is 0 Å². The van der Waals surface area contributed by atoms with Crippen molar-refractivity contribution in [2.45, 2.75) is 12.8 Å². The van der Waals surface area contributed by atoms with Crippen molar-refractivity contribution in [3.8, 4) is 5.69 Å². The van der Waals surface area contributed by atoms with E-state index in [2.05, 4.69) is 5.10 Å². The lowest BCUT2D eigenvalue weighted by Gasteiger charge is -2.17. The van der Waals surface area contributed by atoms with Gasteiger partial charge in [0.2, 0.25) is 5.91 Å². The van der Waals surface area contributed by atoms with Crippen LogP contribution in [0.3, 0.4) is 0 Å². The summed E-state index contributed by atoms with van der Waals surface area (Å²) in [5.74, 6) is -0.0592. The highest BCUT2D eigenvalue weighted by atomic mass is 16.6. The van der Waals surface area contributed by atoms with Crippen LogP contribution < -0.4 is 4.90 Å². The fourth-order valence-electron chi connectivity index (χ4n) is 3.30. The van der Waals surface area contributed by atoms with Gasteiger partial charge in [0.05, 0.1) is 28.3 Å². The SMILES string of the molecule is O=C(Cc1ccc(-n2cccn2)cc1)N1CCc2c1cccc2[N+](=O)[O-]. The van der Waals surface area contributed by atoms with Crippen LogP contribution in [0, 0.1) is 10.1 Å². The van der Waals surface area contributed by atoms with E-state index in [-0.39, 0.29) is 22.9 Å². The first-order valence-corrected chi connectivity index (χ1v) is 8.29. The van der Waals surface area contributed by atoms with Crippen molar-refractivity contribution >= 4 is 17.3 Å². The first kappa shape index (κ1) is 16.0. The smallest absolute Gasteiger partial charge is 0.274 e. The Hall–Kier alpha value is -3.48. The highest BCUT2D eigenvalue weighted by molar-refractivity contribution is 5.97. The second-order valence-electron chi connectivity index (χ2n) is 6.12. The molecular formula is C19H16N4O3. The van der Waals surface area contributed by atoms with Crippen LogP contribution >= 0.6 is 0 Å². The number of hydrogen-bond acceptors (Lipinski definition) is 4. The third kappa shape index (κ3) is 2.83. The van der Waals surface area contributed by atoms with E-state index in [4.69, 9.17) is 0 Å². The highest BCUT2D eigenvalue weighted by Gasteiger charge is 2.30. The number of benzene rings is 2. The number of fused-ring (bicyclic) bond motifs is 1. The second kappa shape index (κ2) is 6.44. The fraction of sp³-hybridized carbons (Fsp3) is 0.158. The Morgan fingerprint density at radius 2 is 1.96 bits per heavy atom. The molecule has 0 atom stereocenters. The van der Waals surface area contributed by atoms with Crippen molar-refractivity contribution in [2.75, 3.05) is 11.4 Å². The van der Waals surface area contributed by atoms with Crippen LogP contribution in [0.25, 0.3) is 5.69 Å². The van der Waals surface area contributed by atoms with Gasteiger partial charge in [-0.2, -0.15) is 5.10 Å².